The van der Waals surface area contributed by atoms with Crippen molar-refractivity contribution in [3.05, 3.63) is 41.5 Å². The average Bonchev–Trinajstić information content (AvgIpc) is 3.06. The molecule has 1 aromatic rings. The second-order valence-corrected chi connectivity index (χ2v) is 10.4. The van der Waals surface area contributed by atoms with Crippen molar-refractivity contribution in [2.24, 2.45) is 23.2 Å². The van der Waals surface area contributed by atoms with Crippen molar-refractivity contribution in [2.75, 3.05) is 37.6 Å². The molecule has 2 saturated heterocycles. The third-order valence-corrected chi connectivity index (χ3v) is 8.76. The predicted octanol–water partition coefficient (Wildman–Crippen LogP) is 3.40. The molecule has 0 amide bonds. The normalized spacial score (nSPS) is 38.3. The first-order valence-corrected chi connectivity index (χ1v) is 12.0. The van der Waals surface area contributed by atoms with Gasteiger partial charge in [0.05, 0.1) is 12.0 Å². The van der Waals surface area contributed by atoms with E-state index in [1.165, 1.54) is 16.8 Å². The van der Waals surface area contributed by atoms with Gasteiger partial charge in [-0.05, 0) is 43.4 Å². The number of nitrogens with zero attached hydrogens (tertiary/aromatic N) is 2. The van der Waals surface area contributed by atoms with E-state index in [1.54, 1.807) is 0 Å². The summed E-state index contributed by atoms with van der Waals surface area (Å²) in [4.78, 5) is 17.7. The van der Waals surface area contributed by atoms with Crippen LogP contribution in [0.1, 0.15) is 38.7 Å². The maximum Gasteiger partial charge on any atom is 0.311 e. The van der Waals surface area contributed by atoms with Crippen molar-refractivity contribution < 1.29 is 14.6 Å². The first-order valence-electron chi connectivity index (χ1n) is 12.0. The van der Waals surface area contributed by atoms with Crippen LogP contribution in [0.15, 0.2) is 35.9 Å². The van der Waals surface area contributed by atoms with Gasteiger partial charge in [-0.1, -0.05) is 37.6 Å². The number of aliphatic hydroxyl groups excluding tert-OH is 1. The Labute approximate surface area is 186 Å². The van der Waals surface area contributed by atoms with E-state index in [-0.39, 0.29) is 29.3 Å². The Morgan fingerprint density at radius 2 is 2.00 bits per heavy atom. The van der Waals surface area contributed by atoms with E-state index < -0.39 is 6.10 Å². The lowest BCUT2D eigenvalue weighted by Gasteiger charge is -2.52. The summed E-state index contributed by atoms with van der Waals surface area (Å²) in [6.45, 7) is 11.1. The standard InChI is InChI=1S/C26H36N2O3/c1-17-6-4-9-20(14-17)28-12-10-27(11-13-28)16-21-23-22(31-25(21)30)15-19-8-5-7-18(2)26(19,3)24(23)29/h4,6,8-9,14,18,21-24,29H,5,7,10-13,15-16H2,1-3H3/t18-,21-,22-,23+,24-,26-/m0/s1. The second kappa shape index (κ2) is 7.93. The zero-order valence-electron chi connectivity index (χ0n) is 19.1. The van der Waals surface area contributed by atoms with Crippen molar-refractivity contribution in [1.82, 2.24) is 4.90 Å². The Morgan fingerprint density at radius 3 is 2.74 bits per heavy atom. The van der Waals surface area contributed by atoms with Crippen molar-refractivity contribution in [1.29, 1.82) is 0 Å². The predicted molar refractivity (Wildman–Crippen MR) is 122 cm³/mol. The number of allylic oxidation sites excluding steroid dienone is 1. The second-order valence-electron chi connectivity index (χ2n) is 10.4. The average molecular weight is 425 g/mol. The van der Waals surface area contributed by atoms with Crippen molar-refractivity contribution in [2.45, 2.75) is 52.2 Å². The molecule has 5 nitrogen and oxygen atoms in total. The number of benzene rings is 1. The van der Waals surface area contributed by atoms with Crippen LogP contribution in [-0.4, -0.2) is 60.9 Å². The fraction of sp³-hybridized carbons (Fsp3) is 0.654. The Bertz CT molecular complexity index is 875. The Morgan fingerprint density at radius 1 is 1.23 bits per heavy atom. The lowest BCUT2D eigenvalue weighted by molar-refractivity contribution is -0.145. The van der Waals surface area contributed by atoms with E-state index in [0.717, 1.165) is 45.4 Å². The molecule has 1 N–H and O–H groups in total. The summed E-state index contributed by atoms with van der Waals surface area (Å²) in [7, 11) is 0. The summed E-state index contributed by atoms with van der Waals surface area (Å²) in [5.74, 6) is 0.00589. The van der Waals surface area contributed by atoms with Crippen molar-refractivity contribution in [3.63, 3.8) is 0 Å². The number of piperazine rings is 1. The third kappa shape index (κ3) is 3.50. The molecule has 0 aromatic heterocycles. The Balaban J connectivity index is 1.28. The van der Waals surface area contributed by atoms with Gasteiger partial charge in [0, 0.05) is 56.2 Å². The molecule has 2 heterocycles. The number of carbonyl (C=O) groups excluding carboxylic acids is 1. The van der Waals surface area contributed by atoms with E-state index in [1.807, 2.05) is 0 Å². The van der Waals surface area contributed by atoms with Crippen LogP contribution < -0.4 is 4.90 Å². The summed E-state index contributed by atoms with van der Waals surface area (Å²) in [6, 6.07) is 8.67. The first kappa shape index (κ1) is 21.0. The first-order chi connectivity index (χ1) is 14.9. The molecule has 0 bridgehead atoms. The highest BCUT2D eigenvalue weighted by atomic mass is 16.6. The molecule has 2 aliphatic carbocycles. The molecule has 0 spiro atoms. The van der Waals surface area contributed by atoms with Gasteiger partial charge in [0.15, 0.2) is 0 Å². The van der Waals surface area contributed by atoms with Crippen LogP contribution in [0.3, 0.4) is 0 Å². The van der Waals surface area contributed by atoms with Gasteiger partial charge in [-0.3, -0.25) is 9.69 Å². The maximum absolute atomic E-state index is 12.9. The molecule has 31 heavy (non-hydrogen) atoms. The fourth-order valence-electron chi connectivity index (χ4n) is 6.57. The topological polar surface area (TPSA) is 53.0 Å². The molecular formula is C26H36N2O3. The summed E-state index contributed by atoms with van der Waals surface area (Å²) in [6.07, 6.45) is 4.59. The van der Waals surface area contributed by atoms with Gasteiger partial charge in [-0.15, -0.1) is 0 Å². The van der Waals surface area contributed by atoms with Crippen LogP contribution in [-0.2, 0) is 9.53 Å². The number of esters is 1. The van der Waals surface area contributed by atoms with E-state index in [0.29, 0.717) is 12.5 Å². The summed E-state index contributed by atoms with van der Waals surface area (Å²) in [5, 5.41) is 11.5. The molecule has 1 aromatic carbocycles. The van der Waals surface area contributed by atoms with E-state index >= 15 is 0 Å². The molecule has 2 aliphatic heterocycles. The van der Waals surface area contributed by atoms with Gasteiger partial charge < -0.3 is 14.7 Å². The lowest BCUT2D eigenvalue weighted by Crippen LogP contribution is -2.55. The lowest BCUT2D eigenvalue weighted by atomic mass is 9.55. The van der Waals surface area contributed by atoms with Crippen LogP contribution >= 0.6 is 0 Å². The number of anilines is 1. The molecule has 1 saturated carbocycles. The summed E-state index contributed by atoms with van der Waals surface area (Å²) in [5.41, 5.74) is 3.64. The van der Waals surface area contributed by atoms with Crippen molar-refractivity contribution >= 4 is 11.7 Å². The quantitative estimate of drug-likeness (QED) is 0.595. The van der Waals surface area contributed by atoms with Crippen LogP contribution in [0.5, 0.6) is 0 Å². The van der Waals surface area contributed by atoms with Gasteiger partial charge in [0.2, 0.25) is 0 Å². The molecule has 3 fully saturated rings. The molecule has 0 radical (unpaired) electrons. The molecule has 5 heteroatoms. The molecular weight excluding hydrogens is 388 g/mol. The monoisotopic (exact) mass is 424 g/mol. The zero-order valence-corrected chi connectivity index (χ0v) is 19.1. The van der Waals surface area contributed by atoms with Gasteiger partial charge in [0.25, 0.3) is 0 Å². The minimum atomic E-state index is -0.516. The zero-order chi connectivity index (χ0) is 21.8. The van der Waals surface area contributed by atoms with Gasteiger partial charge in [-0.2, -0.15) is 0 Å². The van der Waals surface area contributed by atoms with E-state index in [4.69, 9.17) is 4.74 Å². The maximum atomic E-state index is 12.9. The smallest absolute Gasteiger partial charge is 0.311 e. The fourth-order valence-corrected chi connectivity index (χ4v) is 6.57. The van der Waals surface area contributed by atoms with Crippen LogP contribution in [0.25, 0.3) is 0 Å². The minimum Gasteiger partial charge on any atom is -0.461 e. The van der Waals surface area contributed by atoms with E-state index in [9.17, 15) is 9.90 Å². The number of aryl methyl sites for hydroxylation is 1. The summed E-state index contributed by atoms with van der Waals surface area (Å²) < 4.78 is 5.85. The molecule has 0 unspecified atom stereocenters. The van der Waals surface area contributed by atoms with Crippen LogP contribution in [0.2, 0.25) is 0 Å². The number of carbonyl (C=O) groups is 1. The molecule has 6 atom stereocenters. The van der Waals surface area contributed by atoms with Crippen LogP contribution in [0, 0.1) is 30.1 Å². The summed E-state index contributed by atoms with van der Waals surface area (Å²) >= 11 is 0. The third-order valence-electron chi connectivity index (χ3n) is 8.76. The molecule has 4 aliphatic rings. The molecule has 5 rings (SSSR count). The number of fused-ring (bicyclic) bond motifs is 2. The highest BCUT2D eigenvalue weighted by molar-refractivity contribution is 5.76. The Kier molecular flexibility index (Phi) is 5.38. The number of rotatable bonds is 3. The van der Waals surface area contributed by atoms with Gasteiger partial charge in [0.1, 0.15) is 6.10 Å². The number of aliphatic hydroxyl groups is 1. The highest BCUT2D eigenvalue weighted by Gasteiger charge is 2.59. The number of hydrogen-bond acceptors (Lipinski definition) is 5. The minimum absolute atomic E-state index is 0.0926. The van der Waals surface area contributed by atoms with Gasteiger partial charge >= 0.3 is 5.97 Å². The van der Waals surface area contributed by atoms with E-state index in [2.05, 4.69) is 60.9 Å². The highest BCUT2D eigenvalue weighted by Crippen LogP contribution is 2.56. The van der Waals surface area contributed by atoms with Crippen LogP contribution in [0.4, 0.5) is 5.69 Å². The molecule has 168 valence electrons. The number of hydrogen-bond donors (Lipinski definition) is 1. The number of ether oxygens (including phenoxy) is 1. The Hall–Kier alpha value is -1.85. The largest absolute Gasteiger partial charge is 0.461 e. The van der Waals surface area contributed by atoms with Gasteiger partial charge in [-0.25, -0.2) is 0 Å². The SMILES string of the molecule is Cc1cccc(N2CCN(C[C@@H]3C(=O)O[C@H]4CC5=CCC[C@H](C)[C@]5(C)[C@@H](O)[C@@H]43)CC2)c1. The van der Waals surface area contributed by atoms with Crippen molar-refractivity contribution in [3.8, 4) is 0 Å².